The van der Waals surface area contributed by atoms with Crippen molar-refractivity contribution in [3.05, 3.63) is 0 Å². The minimum absolute atomic E-state index is 0. The van der Waals surface area contributed by atoms with Gasteiger partial charge in [0.15, 0.2) is 6.10 Å². The molecule has 0 aromatic rings. The summed E-state index contributed by atoms with van der Waals surface area (Å²) in [6, 6.07) is 0. The van der Waals surface area contributed by atoms with E-state index < -0.39 is 81.2 Å². The zero-order valence-corrected chi connectivity index (χ0v) is 25.7. The molecule has 16 nitrogen and oxygen atoms in total. The molecule has 2 aliphatic rings. The van der Waals surface area contributed by atoms with Crippen LogP contribution in [0.5, 0.6) is 0 Å². The molecule has 2 heterocycles. The zero-order chi connectivity index (χ0) is 26.3. The summed E-state index contributed by atoms with van der Waals surface area (Å²) >= 11 is -3.00. The van der Waals surface area contributed by atoms with E-state index in [1.165, 1.54) is 0 Å². The molecule has 2 rings (SSSR count). The number of hydrogen-bond donors (Lipinski definition) is 1. The topological polar surface area (TPSA) is 237 Å². The van der Waals surface area contributed by atoms with Crippen molar-refractivity contribution in [3.63, 3.8) is 0 Å². The molecule has 2 aliphatic heterocycles. The maximum atomic E-state index is 11.9. The molecule has 2 saturated heterocycles. The van der Waals surface area contributed by atoms with E-state index in [2.05, 4.69) is 14.4 Å². The van der Waals surface area contributed by atoms with Crippen LogP contribution in [-0.4, -0.2) is 78.7 Å². The third-order valence-electron chi connectivity index (χ3n) is 4.92. The Labute approximate surface area is 258 Å². The van der Waals surface area contributed by atoms with Gasteiger partial charge >= 0.3 is 65.1 Å². The number of amides is 5. The monoisotopic (exact) mass is 585 g/mol. The third-order valence-corrected chi connectivity index (χ3v) is 6.38. The average molecular weight is 585 g/mol. The molecule has 0 aromatic carbocycles. The van der Waals surface area contributed by atoms with E-state index in [9.17, 15) is 50.5 Å². The van der Waals surface area contributed by atoms with Crippen LogP contribution < -0.4 is 64.5 Å². The van der Waals surface area contributed by atoms with Gasteiger partial charge in [-0.05, 0) is 12.8 Å². The summed E-state index contributed by atoms with van der Waals surface area (Å²) in [4.78, 5) is 75.2. The van der Waals surface area contributed by atoms with Gasteiger partial charge < -0.3 is 13.9 Å². The smallest absolute Gasteiger partial charge is 0.750 e. The molecule has 0 aliphatic carbocycles. The fourth-order valence-corrected chi connectivity index (χ4v) is 4.24. The van der Waals surface area contributed by atoms with Gasteiger partial charge in [0.1, 0.15) is 15.4 Å². The summed E-state index contributed by atoms with van der Waals surface area (Å²) in [5, 5.41) is -1.71. The van der Waals surface area contributed by atoms with Crippen LogP contribution in [0.4, 0.5) is 0 Å². The van der Waals surface area contributed by atoms with E-state index in [1.807, 2.05) is 0 Å². The minimum Gasteiger partial charge on any atom is -0.750 e. The van der Waals surface area contributed by atoms with E-state index in [0.29, 0.717) is 37.1 Å². The Balaban J connectivity index is 0.00000648. The second kappa shape index (κ2) is 16.3. The van der Waals surface area contributed by atoms with E-state index >= 15 is 0 Å². The fourth-order valence-electron chi connectivity index (χ4n) is 3.21. The molecule has 2 fully saturated rings. The first-order valence-electron chi connectivity index (χ1n) is 10.3. The molecular weight excluding hydrogens is 564 g/mol. The minimum atomic E-state index is -5.05. The number of hydroxylamine groups is 2. The summed E-state index contributed by atoms with van der Waals surface area (Å²) in [6.07, 6.45) is -0.870. The number of hydrazine groups is 1. The number of imide groups is 2. The number of nitrogens with zero attached hydrogens (tertiary/aromatic N) is 2. The van der Waals surface area contributed by atoms with Gasteiger partial charge in [-0.2, -0.15) is 5.01 Å². The zero-order valence-electron chi connectivity index (χ0n) is 20.0. The molecule has 0 bridgehead atoms. The predicted octanol–water partition coefficient (Wildman–Crippen LogP) is -8.17. The first kappa shape index (κ1) is 36.2. The Morgan fingerprint density at radius 2 is 1.51 bits per heavy atom. The number of nitrogens with one attached hydrogen (secondary N) is 1. The Bertz CT molecular complexity index is 1040. The van der Waals surface area contributed by atoms with Gasteiger partial charge in [0.2, 0.25) is 5.91 Å². The van der Waals surface area contributed by atoms with E-state index in [4.69, 9.17) is 0 Å². The van der Waals surface area contributed by atoms with Gasteiger partial charge in [0.05, 0.1) is 24.2 Å². The van der Waals surface area contributed by atoms with Crippen molar-refractivity contribution in [2.75, 3.05) is 0 Å². The van der Waals surface area contributed by atoms with Crippen molar-refractivity contribution in [2.45, 2.75) is 69.1 Å². The number of unbranched alkanes of at least 4 members (excludes halogenated alkanes) is 4. The third kappa shape index (κ3) is 11.1. The van der Waals surface area contributed by atoms with Crippen molar-refractivity contribution in [2.24, 2.45) is 0 Å². The second-order valence-electron chi connectivity index (χ2n) is 7.54. The number of carbonyl (C=O) groups excluding carboxylic acids is 6. The van der Waals surface area contributed by atoms with Crippen LogP contribution in [0.3, 0.4) is 0 Å². The Hall–Kier alpha value is -0.800. The van der Waals surface area contributed by atoms with Crippen LogP contribution in [0.15, 0.2) is 0 Å². The van der Waals surface area contributed by atoms with Crippen molar-refractivity contribution < 1.29 is 119 Å². The van der Waals surface area contributed by atoms with Crippen LogP contribution in [-0.2, 0) is 59.3 Å². The first-order chi connectivity index (χ1) is 16.3. The fraction of sp³-hybridized carbons (Fsp3) is 0.647. The number of carbonyl (C=O) groups is 6. The molecule has 1 N–H and O–H groups in total. The molecule has 0 radical (unpaired) electrons. The summed E-state index contributed by atoms with van der Waals surface area (Å²) < 4.78 is 58.1. The molecule has 0 aromatic heterocycles. The number of rotatable bonds is 13. The molecular formula is C17H21N3Na2O13S2. The van der Waals surface area contributed by atoms with Gasteiger partial charge in [0.25, 0.3) is 23.6 Å². The van der Waals surface area contributed by atoms with Gasteiger partial charge in [-0.25, -0.2) is 17.4 Å². The standard InChI is InChI=1S/C17H23N3O13S2.2Na/c21-12(18-19-13(22)8-10(16(19)25)33-34(27)28)6-4-2-1-3-5-7-15(24)32-20-14(23)9-11(17(20)26)35(29,30)31;;/h10-11H,1-9H2,(H,18,21)(H,27,28)(H,29,30,31);;/q;2*+1/p-2. The van der Waals surface area contributed by atoms with E-state index in [1.54, 1.807) is 0 Å². The maximum Gasteiger partial charge on any atom is 1.00 e. The molecule has 5 amide bonds. The van der Waals surface area contributed by atoms with Gasteiger partial charge in [-0.1, -0.05) is 19.3 Å². The Kier molecular flexibility index (Phi) is 16.0. The Morgan fingerprint density at radius 1 is 0.946 bits per heavy atom. The molecule has 3 unspecified atom stereocenters. The van der Waals surface area contributed by atoms with E-state index in [0.717, 1.165) is 0 Å². The molecule has 196 valence electrons. The molecule has 37 heavy (non-hydrogen) atoms. The summed E-state index contributed by atoms with van der Waals surface area (Å²) in [5.41, 5.74) is 2.09. The van der Waals surface area contributed by atoms with E-state index in [-0.39, 0.29) is 77.0 Å². The molecule has 20 heteroatoms. The molecule has 0 saturated carbocycles. The number of hydrogen-bond acceptors (Lipinski definition) is 13. The van der Waals surface area contributed by atoms with Crippen LogP contribution in [0.25, 0.3) is 0 Å². The van der Waals surface area contributed by atoms with Crippen LogP contribution in [0.1, 0.15) is 57.8 Å². The van der Waals surface area contributed by atoms with Crippen molar-refractivity contribution in [3.8, 4) is 0 Å². The normalized spacial score (nSPS) is 20.4. The van der Waals surface area contributed by atoms with Crippen LogP contribution in [0, 0.1) is 0 Å². The van der Waals surface area contributed by atoms with Gasteiger partial charge in [-0.15, -0.1) is 5.06 Å². The summed E-state index contributed by atoms with van der Waals surface area (Å²) in [7, 11) is -5.05. The maximum absolute atomic E-state index is 11.9. The predicted molar refractivity (Wildman–Crippen MR) is 107 cm³/mol. The van der Waals surface area contributed by atoms with Crippen molar-refractivity contribution in [1.29, 1.82) is 0 Å². The first-order valence-corrected chi connectivity index (χ1v) is 12.7. The average Bonchev–Trinajstić information content (AvgIpc) is 3.17. The largest absolute Gasteiger partial charge is 1.00 e. The summed E-state index contributed by atoms with van der Waals surface area (Å²) in [5.74, 6) is -5.92. The quantitative estimate of drug-likeness (QED) is 0.0696. The van der Waals surface area contributed by atoms with Gasteiger partial charge in [0, 0.05) is 12.8 Å². The molecule has 0 spiro atoms. The van der Waals surface area contributed by atoms with Crippen molar-refractivity contribution >= 4 is 57.0 Å². The second-order valence-corrected chi connectivity index (χ2v) is 9.69. The van der Waals surface area contributed by atoms with Crippen LogP contribution >= 0.6 is 0 Å². The summed E-state index contributed by atoms with van der Waals surface area (Å²) in [6.45, 7) is 0. The van der Waals surface area contributed by atoms with Crippen LogP contribution in [0.2, 0.25) is 0 Å². The molecule has 3 atom stereocenters. The SMILES string of the molecule is O=C(CCCCCCCC(=O)ON1C(=O)CC(S(=O)(=O)[O-])C1=O)NN1C(=O)CC(OS(=O)[O-])C1=O.[Na+].[Na+]. The van der Waals surface area contributed by atoms with Gasteiger partial charge in [-0.3, -0.25) is 33.6 Å². The Morgan fingerprint density at radius 3 is 2.05 bits per heavy atom. The van der Waals surface area contributed by atoms with Crippen molar-refractivity contribution in [1.82, 2.24) is 15.5 Å².